The van der Waals surface area contributed by atoms with Crippen LogP contribution >= 0.6 is 0 Å². The van der Waals surface area contributed by atoms with Gasteiger partial charge in [-0.3, -0.25) is 0 Å². The zero-order valence-corrected chi connectivity index (χ0v) is 11.8. The van der Waals surface area contributed by atoms with Gasteiger partial charge in [0.1, 0.15) is 5.82 Å². The molecule has 2 rings (SSSR count). The lowest BCUT2D eigenvalue weighted by atomic mass is 10.0. The molecule has 1 aromatic heterocycles. The highest BCUT2D eigenvalue weighted by Crippen LogP contribution is 2.24. The van der Waals surface area contributed by atoms with Gasteiger partial charge < -0.3 is 9.84 Å². The van der Waals surface area contributed by atoms with E-state index in [-0.39, 0.29) is 23.9 Å². The first-order chi connectivity index (χ1) is 10.1. The highest BCUT2D eigenvalue weighted by Gasteiger charge is 2.18. The van der Waals surface area contributed by atoms with Crippen LogP contribution in [0.15, 0.2) is 24.3 Å². The van der Waals surface area contributed by atoms with Crippen molar-refractivity contribution >= 4 is 5.97 Å². The topological polar surface area (TPSA) is 72.3 Å². The number of aromatic nitrogens is 2. The lowest BCUT2D eigenvalue weighted by Gasteiger charge is -2.12. The van der Waals surface area contributed by atoms with Crippen LogP contribution in [-0.4, -0.2) is 28.2 Å². The molecule has 6 heteroatoms. The molecule has 0 amide bonds. The number of rotatable bonds is 5. The maximum atomic E-state index is 13.8. The number of ether oxygens (including phenoxy) is 1. The van der Waals surface area contributed by atoms with Crippen molar-refractivity contribution in [2.24, 2.45) is 0 Å². The molecule has 5 nitrogen and oxygen atoms in total. The smallest absolute Gasteiger partial charge is 0.374 e. The van der Waals surface area contributed by atoms with Crippen LogP contribution in [0, 0.1) is 5.82 Å². The summed E-state index contributed by atoms with van der Waals surface area (Å²) in [6, 6.07) is 6.39. The molecule has 0 radical (unpaired) electrons. The summed E-state index contributed by atoms with van der Waals surface area (Å²) in [6.07, 6.45) is 0.752. The van der Waals surface area contributed by atoms with Crippen molar-refractivity contribution in [1.82, 2.24) is 9.97 Å². The van der Waals surface area contributed by atoms with Gasteiger partial charge in [-0.1, -0.05) is 25.1 Å². The molecule has 0 bridgehead atoms. The first-order valence-corrected chi connectivity index (χ1v) is 6.47. The summed E-state index contributed by atoms with van der Waals surface area (Å²) >= 11 is 0. The Labute approximate surface area is 121 Å². The molecule has 0 atom stereocenters. The molecule has 0 saturated heterocycles. The van der Waals surface area contributed by atoms with Gasteiger partial charge in [0.05, 0.1) is 12.8 Å². The van der Waals surface area contributed by atoms with Crippen LogP contribution in [0.2, 0.25) is 0 Å². The van der Waals surface area contributed by atoms with E-state index in [1.165, 1.54) is 13.2 Å². The molecular formula is C15H15FN2O3. The first-order valence-electron chi connectivity index (χ1n) is 6.47. The summed E-state index contributed by atoms with van der Waals surface area (Å²) < 4.78 is 18.9. The summed E-state index contributed by atoms with van der Waals surface area (Å²) in [5.74, 6) is -1.70. The molecule has 0 unspecified atom stereocenters. The Balaban J connectivity index is 2.51. The summed E-state index contributed by atoms with van der Waals surface area (Å²) in [7, 11) is 1.40. The maximum Gasteiger partial charge on any atom is 0.374 e. The Hall–Kier alpha value is -2.50. The minimum absolute atomic E-state index is 0.169. The van der Waals surface area contributed by atoms with Crippen LogP contribution in [0.5, 0.6) is 5.88 Å². The highest BCUT2D eigenvalue weighted by atomic mass is 19.1. The van der Waals surface area contributed by atoms with Crippen molar-refractivity contribution in [3.05, 3.63) is 52.7 Å². The van der Waals surface area contributed by atoms with Crippen molar-refractivity contribution in [3.8, 4) is 5.88 Å². The number of benzene rings is 1. The summed E-state index contributed by atoms with van der Waals surface area (Å²) in [5.41, 5.74) is 1.63. The fourth-order valence-corrected chi connectivity index (χ4v) is 2.07. The number of hydrogen-bond acceptors (Lipinski definition) is 4. The van der Waals surface area contributed by atoms with E-state index >= 15 is 0 Å². The van der Waals surface area contributed by atoms with Gasteiger partial charge in [0.15, 0.2) is 0 Å². The predicted octanol–water partition coefficient (Wildman–Crippen LogP) is 2.48. The van der Waals surface area contributed by atoms with Gasteiger partial charge in [-0.15, -0.1) is 0 Å². The Bertz CT molecular complexity index is 649. The average Bonchev–Trinajstić information content (AvgIpc) is 2.49. The monoisotopic (exact) mass is 290 g/mol. The van der Waals surface area contributed by atoms with E-state index < -0.39 is 5.97 Å². The van der Waals surface area contributed by atoms with Gasteiger partial charge in [-0.2, -0.15) is 4.98 Å². The molecule has 1 aromatic carbocycles. The van der Waals surface area contributed by atoms with Crippen LogP contribution in [0.3, 0.4) is 0 Å². The number of carboxylic acid groups (broad SMARTS) is 1. The molecule has 0 aliphatic carbocycles. The van der Waals surface area contributed by atoms with E-state index in [4.69, 9.17) is 9.84 Å². The van der Waals surface area contributed by atoms with Gasteiger partial charge in [-0.05, 0) is 18.1 Å². The molecule has 21 heavy (non-hydrogen) atoms. The summed E-state index contributed by atoms with van der Waals surface area (Å²) in [4.78, 5) is 18.9. The third-order valence-electron chi connectivity index (χ3n) is 3.10. The number of methoxy groups -OCH3 is 1. The number of hydrogen-bond donors (Lipinski definition) is 1. The lowest BCUT2D eigenvalue weighted by molar-refractivity contribution is 0.0681. The van der Waals surface area contributed by atoms with E-state index in [9.17, 15) is 9.18 Å². The normalized spacial score (nSPS) is 10.4. The summed E-state index contributed by atoms with van der Waals surface area (Å²) in [6.45, 7) is 1.85. The Morgan fingerprint density at radius 2 is 2.05 bits per heavy atom. The molecule has 2 aromatic rings. The number of nitrogens with zero attached hydrogens (tertiary/aromatic N) is 2. The predicted molar refractivity (Wildman–Crippen MR) is 74.1 cm³/mol. The average molecular weight is 290 g/mol. The second-order valence-corrected chi connectivity index (χ2v) is 4.41. The van der Waals surface area contributed by atoms with Gasteiger partial charge in [0.25, 0.3) is 0 Å². The summed E-state index contributed by atoms with van der Waals surface area (Å²) in [5, 5.41) is 9.01. The van der Waals surface area contributed by atoms with Crippen molar-refractivity contribution < 1.29 is 19.0 Å². The second-order valence-electron chi connectivity index (χ2n) is 4.41. The fourth-order valence-electron chi connectivity index (χ4n) is 2.07. The van der Waals surface area contributed by atoms with E-state index in [2.05, 4.69) is 9.97 Å². The maximum absolute atomic E-state index is 13.8. The first kappa shape index (κ1) is 14.9. The minimum Gasteiger partial charge on any atom is -0.481 e. The van der Waals surface area contributed by atoms with Crippen LogP contribution in [-0.2, 0) is 12.8 Å². The Morgan fingerprint density at radius 1 is 1.33 bits per heavy atom. The zero-order valence-electron chi connectivity index (χ0n) is 11.8. The standard InChI is InChI=1S/C15H15FN2O3/c1-3-12-10(8-9-6-4-5-7-11(9)16)14(21-2)18-13(17-12)15(19)20/h4-7H,3,8H2,1-2H3,(H,19,20). The van der Waals surface area contributed by atoms with Crippen molar-refractivity contribution in [1.29, 1.82) is 0 Å². The fraction of sp³-hybridized carbons (Fsp3) is 0.267. The van der Waals surface area contributed by atoms with Gasteiger partial charge in [-0.25, -0.2) is 14.2 Å². The molecule has 0 aliphatic rings. The number of aryl methyl sites for hydroxylation is 1. The van der Waals surface area contributed by atoms with Crippen molar-refractivity contribution in [2.45, 2.75) is 19.8 Å². The van der Waals surface area contributed by atoms with E-state index in [0.29, 0.717) is 23.2 Å². The SMILES string of the molecule is CCc1nc(C(=O)O)nc(OC)c1Cc1ccccc1F. The number of halogens is 1. The van der Waals surface area contributed by atoms with Gasteiger partial charge in [0, 0.05) is 12.0 Å². The van der Waals surface area contributed by atoms with E-state index in [1.54, 1.807) is 18.2 Å². The third-order valence-corrected chi connectivity index (χ3v) is 3.10. The lowest BCUT2D eigenvalue weighted by Crippen LogP contribution is -2.12. The highest BCUT2D eigenvalue weighted by molar-refractivity contribution is 5.83. The Kier molecular flexibility index (Phi) is 4.47. The van der Waals surface area contributed by atoms with Crippen LogP contribution in [0.25, 0.3) is 0 Å². The van der Waals surface area contributed by atoms with Gasteiger partial charge in [0.2, 0.25) is 11.7 Å². The number of aromatic carboxylic acids is 1. The largest absolute Gasteiger partial charge is 0.481 e. The molecule has 1 N–H and O–H groups in total. The van der Waals surface area contributed by atoms with Crippen molar-refractivity contribution in [2.75, 3.05) is 7.11 Å². The van der Waals surface area contributed by atoms with Crippen LogP contribution in [0.1, 0.15) is 34.4 Å². The van der Waals surface area contributed by atoms with Gasteiger partial charge >= 0.3 is 5.97 Å². The molecule has 0 spiro atoms. The van der Waals surface area contributed by atoms with Crippen LogP contribution in [0.4, 0.5) is 4.39 Å². The zero-order chi connectivity index (χ0) is 15.4. The molecular weight excluding hydrogens is 275 g/mol. The molecule has 110 valence electrons. The van der Waals surface area contributed by atoms with Crippen molar-refractivity contribution in [3.63, 3.8) is 0 Å². The molecule has 0 fully saturated rings. The van der Waals surface area contributed by atoms with E-state index in [1.807, 2.05) is 6.92 Å². The Morgan fingerprint density at radius 3 is 2.62 bits per heavy atom. The quantitative estimate of drug-likeness (QED) is 0.915. The van der Waals surface area contributed by atoms with E-state index in [0.717, 1.165) is 0 Å². The van der Waals surface area contributed by atoms with Crippen LogP contribution < -0.4 is 4.74 Å². The molecule has 0 saturated carbocycles. The molecule has 0 aliphatic heterocycles. The number of carboxylic acids is 1. The minimum atomic E-state index is -1.22. The molecule has 1 heterocycles. The second kappa shape index (κ2) is 6.30. The third kappa shape index (κ3) is 3.16. The number of carbonyl (C=O) groups is 1.